The molecule has 1 N–H and O–H groups in total. The summed E-state index contributed by atoms with van der Waals surface area (Å²) in [6.07, 6.45) is 0.0836. The van der Waals surface area contributed by atoms with Crippen LogP contribution in [0.2, 0.25) is 0 Å². The lowest BCUT2D eigenvalue weighted by Gasteiger charge is -2.33. The Labute approximate surface area is 172 Å². The Kier molecular flexibility index (Phi) is 7.01. The SMILES string of the molecule is C[C@@H]1CN(C(=O)CN(C)[C@@H](C)c2cccc(NC(=O)c3ccccc3)c2)CCO1. The second-order valence-corrected chi connectivity index (χ2v) is 7.56. The largest absolute Gasteiger partial charge is 0.375 e. The van der Waals surface area contributed by atoms with Gasteiger partial charge in [0.15, 0.2) is 0 Å². The molecule has 0 saturated carbocycles. The van der Waals surface area contributed by atoms with Gasteiger partial charge in [0.25, 0.3) is 5.91 Å². The smallest absolute Gasteiger partial charge is 0.255 e. The van der Waals surface area contributed by atoms with Crippen LogP contribution in [-0.2, 0) is 9.53 Å². The Morgan fingerprint density at radius 1 is 1.21 bits per heavy atom. The third-order valence-corrected chi connectivity index (χ3v) is 5.30. The van der Waals surface area contributed by atoms with Gasteiger partial charge in [-0.3, -0.25) is 14.5 Å². The number of hydrogen-bond donors (Lipinski definition) is 1. The summed E-state index contributed by atoms with van der Waals surface area (Å²) in [4.78, 5) is 28.9. The fraction of sp³-hybridized carbons (Fsp3) is 0.391. The van der Waals surface area contributed by atoms with E-state index >= 15 is 0 Å². The van der Waals surface area contributed by atoms with Crippen molar-refractivity contribution in [2.75, 3.05) is 38.6 Å². The van der Waals surface area contributed by atoms with Crippen molar-refractivity contribution in [3.8, 4) is 0 Å². The van der Waals surface area contributed by atoms with E-state index in [9.17, 15) is 9.59 Å². The topological polar surface area (TPSA) is 61.9 Å². The van der Waals surface area contributed by atoms with Crippen LogP contribution in [0.4, 0.5) is 5.69 Å². The number of benzene rings is 2. The Balaban J connectivity index is 1.61. The highest BCUT2D eigenvalue weighted by Crippen LogP contribution is 2.22. The first-order valence-corrected chi connectivity index (χ1v) is 10.00. The van der Waals surface area contributed by atoms with E-state index in [2.05, 4.69) is 12.2 Å². The first-order valence-electron chi connectivity index (χ1n) is 10.00. The van der Waals surface area contributed by atoms with Crippen molar-refractivity contribution in [1.82, 2.24) is 9.80 Å². The number of amides is 2. The minimum absolute atomic E-state index is 0.0333. The molecular formula is C23H29N3O3. The lowest BCUT2D eigenvalue weighted by atomic mass is 10.1. The fourth-order valence-corrected chi connectivity index (χ4v) is 3.42. The number of morpholine rings is 1. The number of carbonyl (C=O) groups excluding carboxylic acids is 2. The third-order valence-electron chi connectivity index (χ3n) is 5.30. The lowest BCUT2D eigenvalue weighted by molar-refractivity contribution is -0.139. The van der Waals surface area contributed by atoms with Crippen molar-refractivity contribution in [2.45, 2.75) is 26.0 Å². The van der Waals surface area contributed by atoms with Gasteiger partial charge in [-0.1, -0.05) is 30.3 Å². The molecule has 2 aromatic carbocycles. The molecule has 0 aliphatic carbocycles. The summed E-state index contributed by atoms with van der Waals surface area (Å²) in [6.45, 7) is 6.27. The molecule has 1 heterocycles. The number of anilines is 1. The van der Waals surface area contributed by atoms with Gasteiger partial charge in [0.2, 0.25) is 5.91 Å². The average Bonchev–Trinajstić information content (AvgIpc) is 2.74. The highest BCUT2D eigenvalue weighted by molar-refractivity contribution is 6.04. The lowest BCUT2D eigenvalue weighted by Crippen LogP contribution is -2.48. The summed E-state index contributed by atoms with van der Waals surface area (Å²) in [5, 5.41) is 2.94. The summed E-state index contributed by atoms with van der Waals surface area (Å²) in [5.74, 6) is -0.0246. The van der Waals surface area contributed by atoms with Crippen molar-refractivity contribution < 1.29 is 14.3 Å². The standard InChI is InChI=1S/C23H29N3O3/c1-17-15-26(12-13-29-17)22(27)16-25(3)18(2)20-10-7-11-21(14-20)24-23(28)19-8-5-4-6-9-19/h4-11,14,17-18H,12-13,15-16H2,1-3H3,(H,24,28)/t17-,18+/m1/s1. The minimum Gasteiger partial charge on any atom is -0.375 e. The van der Waals surface area contributed by atoms with E-state index < -0.39 is 0 Å². The maximum Gasteiger partial charge on any atom is 0.255 e. The van der Waals surface area contributed by atoms with E-state index in [1.807, 2.05) is 66.2 Å². The van der Waals surface area contributed by atoms with Gasteiger partial charge in [-0.15, -0.1) is 0 Å². The molecule has 1 aliphatic rings. The zero-order chi connectivity index (χ0) is 20.8. The number of likely N-dealkylation sites (N-methyl/N-ethyl adjacent to an activating group) is 1. The molecule has 1 saturated heterocycles. The van der Waals surface area contributed by atoms with E-state index in [1.165, 1.54) is 0 Å². The monoisotopic (exact) mass is 395 g/mol. The van der Waals surface area contributed by atoms with Crippen LogP contribution in [-0.4, -0.2) is 61.0 Å². The molecule has 29 heavy (non-hydrogen) atoms. The molecule has 1 aliphatic heterocycles. The molecule has 3 rings (SSSR count). The summed E-state index contributed by atoms with van der Waals surface area (Å²) in [7, 11) is 1.95. The second kappa shape index (κ2) is 9.67. The Hall–Kier alpha value is -2.70. The van der Waals surface area contributed by atoms with Crippen LogP contribution < -0.4 is 5.32 Å². The highest BCUT2D eigenvalue weighted by atomic mass is 16.5. The van der Waals surface area contributed by atoms with Gasteiger partial charge in [0.05, 0.1) is 19.3 Å². The van der Waals surface area contributed by atoms with Gasteiger partial charge in [-0.2, -0.15) is 0 Å². The molecule has 0 aromatic heterocycles. The van der Waals surface area contributed by atoms with Crippen molar-refractivity contribution in [2.24, 2.45) is 0 Å². The first kappa shape index (κ1) is 21.0. The average molecular weight is 396 g/mol. The van der Waals surface area contributed by atoms with Gasteiger partial charge >= 0.3 is 0 Å². The van der Waals surface area contributed by atoms with E-state index in [0.29, 0.717) is 31.8 Å². The number of nitrogens with zero attached hydrogens (tertiary/aromatic N) is 2. The van der Waals surface area contributed by atoms with Crippen molar-refractivity contribution in [3.05, 3.63) is 65.7 Å². The van der Waals surface area contributed by atoms with Gasteiger partial charge in [-0.25, -0.2) is 0 Å². The molecule has 6 heteroatoms. The number of rotatable bonds is 6. The first-order chi connectivity index (χ1) is 13.9. The van der Waals surface area contributed by atoms with Crippen molar-refractivity contribution >= 4 is 17.5 Å². The normalized spacial score (nSPS) is 17.8. The van der Waals surface area contributed by atoms with Crippen LogP contribution in [0.15, 0.2) is 54.6 Å². The molecule has 0 bridgehead atoms. The quantitative estimate of drug-likeness (QED) is 0.816. The molecule has 0 unspecified atom stereocenters. The molecule has 0 spiro atoms. The molecule has 2 amide bonds. The molecule has 1 fully saturated rings. The van der Waals surface area contributed by atoms with Crippen LogP contribution in [0.1, 0.15) is 35.8 Å². The molecule has 2 aromatic rings. The van der Waals surface area contributed by atoms with Gasteiger partial charge < -0.3 is 15.0 Å². The number of hydrogen-bond acceptors (Lipinski definition) is 4. The highest BCUT2D eigenvalue weighted by Gasteiger charge is 2.24. The Bertz CT molecular complexity index is 840. The maximum atomic E-state index is 12.6. The van der Waals surface area contributed by atoms with E-state index in [-0.39, 0.29) is 24.0 Å². The van der Waals surface area contributed by atoms with E-state index in [4.69, 9.17) is 4.74 Å². The molecule has 0 radical (unpaired) electrons. The minimum atomic E-state index is -0.139. The molecule has 2 atom stereocenters. The molecule has 154 valence electrons. The van der Waals surface area contributed by atoms with Crippen LogP contribution in [0.5, 0.6) is 0 Å². The van der Waals surface area contributed by atoms with Crippen LogP contribution in [0, 0.1) is 0 Å². The van der Waals surface area contributed by atoms with Crippen molar-refractivity contribution in [1.29, 1.82) is 0 Å². The Morgan fingerprint density at radius 3 is 2.69 bits per heavy atom. The van der Waals surface area contributed by atoms with Gasteiger partial charge in [0, 0.05) is 30.4 Å². The molecule has 6 nitrogen and oxygen atoms in total. The predicted molar refractivity (Wildman–Crippen MR) is 114 cm³/mol. The van der Waals surface area contributed by atoms with Crippen LogP contribution in [0.3, 0.4) is 0 Å². The molecular weight excluding hydrogens is 366 g/mol. The number of nitrogens with one attached hydrogen (secondary N) is 1. The van der Waals surface area contributed by atoms with Gasteiger partial charge in [0.1, 0.15) is 0 Å². The fourth-order valence-electron chi connectivity index (χ4n) is 3.42. The Morgan fingerprint density at radius 2 is 1.97 bits per heavy atom. The van der Waals surface area contributed by atoms with E-state index in [1.54, 1.807) is 12.1 Å². The second-order valence-electron chi connectivity index (χ2n) is 7.56. The number of carbonyl (C=O) groups is 2. The van der Waals surface area contributed by atoms with Crippen molar-refractivity contribution in [3.63, 3.8) is 0 Å². The number of ether oxygens (including phenoxy) is 1. The maximum absolute atomic E-state index is 12.6. The third kappa shape index (κ3) is 5.65. The van der Waals surface area contributed by atoms with Crippen LogP contribution in [0.25, 0.3) is 0 Å². The van der Waals surface area contributed by atoms with E-state index in [0.717, 1.165) is 11.3 Å². The summed E-state index contributed by atoms with van der Waals surface area (Å²) in [5.41, 5.74) is 2.40. The van der Waals surface area contributed by atoms with Crippen LogP contribution >= 0.6 is 0 Å². The zero-order valence-electron chi connectivity index (χ0n) is 17.3. The zero-order valence-corrected chi connectivity index (χ0v) is 17.3. The predicted octanol–water partition coefficient (Wildman–Crippen LogP) is 3.18. The summed E-state index contributed by atoms with van der Waals surface area (Å²) < 4.78 is 5.51. The van der Waals surface area contributed by atoms with Gasteiger partial charge in [-0.05, 0) is 50.7 Å². The summed E-state index contributed by atoms with van der Waals surface area (Å²) >= 11 is 0. The summed E-state index contributed by atoms with van der Waals surface area (Å²) in [6, 6.07) is 16.9.